The number of furan rings is 1. The smallest absolute Gasteiger partial charge is 0.136 e. The van der Waals surface area contributed by atoms with Crippen LogP contribution in [0.25, 0.3) is 87.6 Å². The predicted molar refractivity (Wildman–Crippen MR) is 237 cm³/mol. The third-order valence-electron chi connectivity index (χ3n) is 11.2. The Morgan fingerprint density at radius 3 is 1.61 bits per heavy atom. The molecular formula is C54H35NO. The number of nitrogens with zero attached hydrogens (tertiary/aromatic N) is 1. The van der Waals surface area contributed by atoms with Crippen LogP contribution in [0.2, 0.25) is 0 Å². The summed E-state index contributed by atoms with van der Waals surface area (Å²) < 4.78 is 6.56. The highest BCUT2D eigenvalue weighted by Crippen LogP contribution is 2.48. The molecule has 1 aromatic heterocycles. The summed E-state index contributed by atoms with van der Waals surface area (Å²) in [5, 5.41) is 9.62. The Morgan fingerprint density at radius 2 is 0.839 bits per heavy atom. The van der Waals surface area contributed by atoms with Crippen molar-refractivity contribution in [3.05, 3.63) is 212 Å². The van der Waals surface area contributed by atoms with E-state index in [-0.39, 0.29) is 0 Å². The molecule has 0 aliphatic heterocycles. The molecule has 0 N–H and O–H groups in total. The molecule has 2 nitrogen and oxygen atoms in total. The molecule has 0 atom stereocenters. The number of fused-ring (bicyclic) bond motifs is 7. The van der Waals surface area contributed by atoms with E-state index in [1.54, 1.807) is 0 Å². The zero-order valence-electron chi connectivity index (χ0n) is 30.6. The van der Waals surface area contributed by atoms with Crippen molar-refractivity contribution in [2.24, 2.45) is 0 Å². The molecule has 11 aromatic rings. The molecule has 0 unspecified atom stereocenters. The number of anilines is 3. The first kappa shape index (κ1) is 32.0. The highest BCUT2D eigenvalue weighted by molar-refractivity contribution is 6.18. The number of hydrogen-bond acceptors (Lipinski definition) is 2. The first-order valence-corrected chi connectivity index (χ1v) is 19.2. The molecule has 0 fully saturated rings. The van der Waals surface area contributed by atoms with Crippen LogP contribution < -0.4 is 4.90 Å². The summed E-state index contributed by atoms with van der Waals surface area (Å²) in [6.07, 6.45) is 0. The van der Waals surface area contributed by atoms with Gasteiger partial charge in [0.05, 0.1) is 5.69 Å². The molecule has 56 heavy (non-hydrogen) atoms. The first-order valence-electron chi connectivity index (χ1n) is 19.2. The fraction of sp³-hybridized carbons (Fsp3) is 0. The van der Waals surface area contributed by atoms with Gasteiger partial charge in [-0.15, -0.1) is 0 Å². The van der Waals surface area contributed by atoms with Gasteiger partial charge in [-0.2, -0.15) is 0 Å². The second kappa shape index (κ2) is 13.2. The maximum atomic E-state index is 6.56. The first-order chi connectivity index (χ1) is 27.7. The summed E-state index contributed by atoms with van der Waals surface area (Å²) >= 11 is 0. The minimum absolute atomic E-state index is 0.869. The van der Waals surface area contributed by atoms with Crippen molar-refractivity contribution in [3.63, 3.8) is 0 Å². The van der Waals surface area contributed by atoms with E-state index in [4.69, 9.17) is 4.42 Å². The minimum Gasteiger partial charge on any atom is -0.456 e. The number of para-hydroxylation sites is 1. The van der Waals surface area contributed by atoms with Gasteiger partial charge in [0.2, 0.25) is 0 Å². The monoisotopic (exact) mass is 713 g/mol. The van der Waals surface area contributed by atoms with Gasteiger partial charge in [-0.1, -0.05) is 158 Å². The van der Waals surface area contributed by atoms with Crippen LogP contribution in [0.1, 0.15) is 0 Å². The van der Waals surface area contributed by atoms with Gasteiger partial charge in [-0.05, 0) is 115 Å². The van der Waals surface area contributed by atoms with Crippen molar-refractivity contribution in [1.82, 2.24) is 0 Å². The third-order valence-corrected chi connectivity index (χ3v) is 11.2. The molecule has 11 rings (SSSR count). The lowest BCUT2D eigenvalue weighted by molar-refractivity contribution is 0.669. The van der Waals surface area contributed by atoms with Gasteiger partial charge in [0.1, 0.15) is 11.2 Å². The number of benzene rings is 10. The zero-order valence-corrected chi connectivity index (χ0v) is 30.6. The number of hydrogen-bond donors (Lipinski definition) is 0. The lowest BCUT2D eigenvalue weighted by Crippen LogP contribution is -2.11. The molecule has 0 bridgehead atoms. The Kier molecular flexibility index (Phi) is 7.53. The van der Waals surface area contributed by atoms with E-state index >= 15 is 0 Å². The Morgan fingerprint density at radius 1 is 0.304 bits per heavy atom. The van der Waals surface area contributed by atoms with Gasteiger partial charge >= 0.3 is 0 Å². The van der Waals surface area contributed by atoms with E-state index < -0.39 is 0 Å². The van der Waals surface area contributed by atoms with E-state index in [1.165, 1.54) is 54.6 Å². The summed E-state index contributed by atoms with van der Waals surface area (Å²) in [7, 11) is 0. The zero-order chi connectivity index (χ0) is 37.0. The van der Waals surface area contributed by atoms with Crippen molar-refractivity contribution in [2.45, 2.75) is 0 Å². The van der Waals surface area contributed by atoms with Gasteiger partial charge in [0, 0.05) is 27.7 Å². The van der Waals surface area contributed by atoms with E-state index in [0.717, 1.165) is 50.1 Å². The molecule has 1 heterocycles. The van der Waals surface area contributed by atoms with Crippen LogP contribution >= 0.6 is 0 Å². The summed E-state index contributed by atoms with van der Waals surface area (Å²) in [5.41, 5.74) is 12.0. The fourth-order valence-corrected chi connectivity index (χ4v) is 8.47. The second-order valence-corrected chi connectivity index (χ2v) is 14.5. The average Bonchev–Trinajstić information content (AvgIpc) is 3.66. The van der Waals surface area contributed by atoms with E-state index in [9.17, 15) is 0 Å². The quantitative estimate of drug-likeness (QED) is 0.160. The summed E-state index contributed by atoms with van der Waals surface area (Å²) in [6, 6.07) is 76.6. The van der Waals surface area contributed by atoms with Crippen LogP contribution in [-0.4, -0.2) is 0 Å². The SMILES string of the molecule is c1ccc(-c2ccc(N(c3ccc(-c4ccc5ccccc5c4)cc3)c3ccc4oc5ccccc5c4c3-c3ccc4ccc5ccccc5c4c3)cc2)cc1. The summed E-state index contributed by atoms with van der Waals surface area (Å²) in [4.78, 5) is 2.41. The molecule has 10 aromatic carbocycles. The van der Waals surface area contributed by atoms with E-state index in [2.05, 4.69) is 211 Å². The van der Waals surface area contributed by atoms with Gasteiger partial charge in [-0.25, -0.2) is 0 Å². The molecule has 0 saturated carbocycles. The molecular weight excluding hydrogens is 679 g/mol. The molecule has 0 aliphatic carbocycles. The Hall–Kier alpha value is -7.42. The van der Waals surface area contributed by atoms with Crippen LogP contribution in [0.5, 0.6) is 0 Å². The predicted octanol–water partition coefficient (Wildman–Crippen LogP) is 15.5. The molecule has 2 heteroatoms. The van der Waals surface area contributed by atoms with Gasteiger partial charge in [-0.3, -0.25) is 0 Å². The molecule has 0 aliphatic rings. The van der Waals surface area contributed by atoms with Gasteiger partial charge in [0.25, 0.3) is 0 Å². The average molecular weight is 714 g/mol. The second-order valence-electron chi connectivity index (χ2n) is 14.5. The lowest BCUT2D eigenvalue weighted by atomic mass is 9.92. The van der Waals surface area contributed by atoms with E-state index in [1.807, 2.05) is 6.07 Å². The van der Waals surface area contributed by atoms with Crippen molar-refractivity contribution in [3.8, 4) is 33.4 Å². The van der Waals surface area contributed by atoms with Crippen LogP contribution in [-0.2, 0) is 0 Å². The molecule has 0 spiro atoms. The lowest BCUT2D eigenvalue weighted by Gasteiger charge is -2.29. The van der Waals surface area contributed by atoms with Crippen LogP contribution in [0.4, 0.5) is 17.1 Å². The van der Waals surface area contributed by atoms with Crippen LogP contribution in [0, 0.1) is 0 Å². The maximum Gasteiger partial charge on any atom is 0.136 e. The normalized spacial score (nSPS) is 11.6. The number of rotatable bonds is 6. The summed E-state index contributed by atoms with van der Waals surface area (Å²) in [6.45, 7) is 0. The van der Waals surface area contributed by atoms with Gasteiger partial charge in [0.15, 0.2) is 0 Å². The fourth-order valence-electron chi connectivity index (χ4n) is 8.47. The Labute approximate surface area is 325 Å². The molecule has 0 radical (unpaired) electrons. The maximum absolute atomic E-state index is 6.56. The Bertz CT molecular complexity index is 3230. The topological polar surface area (TPSA) is 16.4 Å². The minimum atomic E-state index is 0.869. The molecule has 0 saturated heterocycles. The largest absolute Gasteiger partial charge is 0.456 e. The van der Waals surface area contributed by atoms with E-state index in [0.29, 0.717) is 0 Å². The summed E-state index contributed by atoms with van der Waals surface area (Å²) in [5.74, 6) is 0. The Balaban J connectivity index is 1.15. The van der Waals surface area contributed by atoms with Crippen molar-refractivity contribution in [1.29, 1.82) is 0 Å². The molecule has 262 valence electrons. The molecule has 0 amide bonds. The highest BCUT2D eigenvalue weighted by Gasteiger charge is 2.23. The van der Waals surface area contributed by atoms with Crippen LogP contribution in [0.3, 0.4) is 0 Å². The van der Waals surface area contributed by atoms with Crippen molar-refractivity contribution >= 4 is 71.3 Å². The standard InChI is InChI=1S/C54H35NO/c1-2-10-36(11-3-1)38-24-28-45(29-25-38)55(46-30-26-39(27-31-46)43-22-18-37-12-4-5-14-42(37)34-43)50-32-33-52-54(48-16-8-9-17-51(48)56-52)53(50)44-23-21-41-20-19-40-13-6-7-15-47(40)49(41)35-44/h1-35H. The third kappa shape index (κ3) is 5.42. The van der Waals surface area contributed by atoms with Crippen molar-refractivity contribution in [2.75, 3.05) is 4.90 Å². The van der Waals surface area contributed by atoms with Crippen LogP contribution in [0.15, 0.2) is 217 Å². The highest BCUT2D eigenvalue weighted by atomic mass is 16.3. The van der Waals surface area contributed by atoms with Gasteiger partial charge < -0.3 is 9.32 Å². The van der Waals surface area contributed by atoms with Crippen molar-refractivity contribution < 1.29 is 4.42 Å².